The Bertz CT molecular complexity index is 406. The van der Waals surface area contributed by atoms with Crippen molar-refractivity contribution in [3.63, 3.8) is 0 Å². The third-order valence-electron chi connectivity index (χ3n) is 1.52. The minimum Gasteiger partial charge on any atom is -0.477 e. The van der Waals surface area contributed by atoms with Crippen LogP contribution in [0.1, 0.15) is 23.0 Å². The summed E-state index contributed by atoms with van der Waals surface area (Å²) in [6, 6.07) is 1.44. The largest absolute Gasteiger partial charge is 0.477 e. The van der Waals surface area contributed by atoms with Gasteiger partial charge in [0.1, 0.15) is 5.69 Å². The zero-order chi connectivity index (χ0) is 9.84. The highest BCUT2D eigenvalue weighted by Crippen LogP contribution is 2.06. The SMILES string of the molecule is C/C=C\c1c[nH]c(C(=O)O)cc1=S. The summed E-state index contributed by atoms with van der Waals surface area (Å²) in [7, 11) is 0. The molecule has 0 radical (unpaired) electrons. The van der Waals surface area contributed by atoms with Crippen molar-refractivity contribution in [2.45, 2.75) is 6.92 Å². The summed E-state index contributed by atoms with van der Waals surface area (Å²) in [5.74, 6) is -1.00. The van der Waals surface area contributed by atoms with E-state index in [2.05, 4.69) is 4.98 Å². The van der Waals surface area contributed by atoms with Crippen LogP contribution in [0.15, 0.2) is 18.3 Å². The Balaban J connectivity index is 3.21. The van der Waals surface area contributed by atoms with Crippen molar-refractivity contribution in [2.24, 2.45) is 0 Å². The van der Waals surface area contributed by atoms with Gasteiger partial charge in [-0.05, 0) is 13.0 Å². The number of pyridine rings is 1. The lowest BCUT2D eigenvalue weighted by atomic mass is 10.2. The van der Waals surface area contributed by atoms with Gasteiger partial charge in [0, 0.05) is 16.3 Å². The molecule has 0 bridgehead atoms. The van der Waals surface area contributed by atoms with E-state index in [0.717, 1.165) is 5.56 Å². The molecule has 3 nitrogen and oxygen atoms in total. The van der Waals surface area contributed by atoms with E-state index in [4.69, 9.17) is 17.3 Å². The first-order valence-corrected chi connectivity index (χ1v) is 4.14. The molecule has 0 aliphatic rings. The Morgan fingerprint density at radius 1 is 1.69 bits per heavy atom. The van der Waals surface area contributed by atoms with Crippen molar-refractivity contribution in [1.29, 1.82) is 0 Å². The van der Waals surface area contributed by atoms with Crippen LogP contribution in [0.4, 0.5) is 0 Å². The van der Waals surface area contributed by atoms with Gasteiger partial charge in [0.25, 0.3) is 0 Å². The maximum absolute atomic E-state index is 10.5. The summed E-state index contributed by atoms with van der Waals surface area (Å²) in [5, 5.41) is 8.63. The van der Waals surface area contributed by atoms with Gasteiger partial charge in [0.05, 0.1) is 0 Å². The van der Waals surface area contributed by atoms with Crippen molar-refractivity contribution in [3.8, 4) is 0 Å². The molecule has 1 aromatic heterocycles. The number of aromatic nitrogens is 1. The average Bonchev–Trinajstić information content (AvgIpc) is 2.08. The Hall–Kier alpha value is -1.42. The van der Waals surface area contributed by atoms with Crippen molar-refractivity contribution in [1.82, 2.24) is 4.98 Å². The minimum absolute atomic E-state index is 0.109. The number of H-pyrrole nitrogens is 1. The molecule has 0 aromatic carbocycles. The summed E-state index contributed by atoms with van der Waals surface area (Å²) >= 11 is 4.99. The summed E-state index contributed by atoms with van der Waals surface area (Å²) in [6.07, 6.45) is 5.26. The number of carboxylic acid groups (broad SMARTS) is 1. The average molecular weight is 195 g/mol. The molecule has 0 aliphatic carbocycles. The molecule has 68 valence electrons. The molecule has 0 spiro atoms. The van der Waals surface area contributed by atoms with Crippen LogP contribution >= 0.6 is 12.2 Å². The van der Waals surface area contributed by atoms with E-state index in [1.54, 1.807) is 6.20 Å². The summed E-state index contributed by atoms with van der Waals surface area (Å²) in [6.45, 7) is 1.87. The van der Waals surface area contributed by atoms with Gasteiger partial charge in [0.2, 0.25) is 0 Å². The molecule has 2 N–H and O–H groups in total. The van der Waals surface area contributed by atoms with Gasteiger partial charge in [-0.15, -0.1) is 0 Å². The Morgan fingerprint density at radius 2 is 2.38 bits per heavy atom. The summed E-state index contributed by atoms with van der Waals surface area (Å²) in [5.41, 5.74) is 0.931. The van der Waals surface area contributed by atoms with Gasteiger partial charge in [-0.2, -0.15) is 0 Å². The first kappa shape index (κ1) is 9.67. The first-order valence-electron chi connectivity index (χ1n) is 3.74. The highest BCUT2D eigenvalue weighted by molar-refractivity contribution is 7.71. The number of nitrogens with one attached hydrogen (secondary N) is 1. The second-order valence-electron chi connectivity index (χ2n) is 2.47. The zero-order valence-corrected chi connectivity index (χ0v) is 7.89. The van der Waals surface area contributed by atoms with Gasteiger partial charge < -0.3 is 10.1 Å². The molecule has 0 aliphatic heterocycles. The van der Waals surface area contributed by atoms with E-state index in [1.807, 2.05) is 19.1 Å². The highest BCUT2D eigenvalue weighted by Gasteiger charge is 2.02. The van der Waals surface area contributed by atoms with Crippen LogP contribution in [0.25, 0.3) is 6.08 Å². The Labute approximate surface area is 80.7 Å². The molecule has 0 fully saturated rings. The molecule has 4 heteroatoms. The first-order chi connectivity index (χ1) is 6.15. The zero-order valence-electron chi connectivity index (χ0n) is 7.07. The van der Waals surface area contributed by atoms with Crippen molar-refractivity contribution in [2.75, 3.05) is 0 Å². The van der Waals surface area contributed by atoms with Gasteiger partial charge in [0.15, 0.2) is 0 Å². The van der Waals surface area contributed by atoms with Crippen LogP contribution in [-0.4, -0.2) is 16.1 Å². The normalized spacial score (nSPS) is 10.5. The lowest BCUT2D eigenvalue weighted by Gasteiger charge is -1.96. The third kappa shape index (κ3) is 2.26. The van der Waals surface area contributed by atoms with Crippen LogP contribution in [-0.2, 0) is 0 Å². The lowest BCUT2D eigenvalue weighted by molar-refractivity contribution is 0.0690. The Morgan fingerprint density at radius 3 is 2.85 bits per heavy atom. The number of carbonyl (C=O) groups is 1. The van der Waals surface area contributed by atoms with Crippen LogP contribution in [0.2, 0.25) is 0 Å². The molecular formula is C9H9NO2S. The third-order valence-corrected chi connectivity index (χ3v) is 1.87. The number of hydrogen-bond acceptors (Lipinski definition) is 2. The molecule has 0 atom stereocenters. The molecule has 13 heavy (non-hydrogen) atoms. The number of allylic oxidation sites excluding steroid dienone is 1. The monoisotopic (exact) mass is 195 g/mol. The van der Waals surface area contributed by atoms with E-state index >= 15 is 0 Å². The molecule has 1 heterocycles. The van der Waals surface area contributed by atoms with Crippen molar-refractivity contribution in [3.05, 3.63) is 34.1 Å². The lowest BCUT2D eigenvalue weighted by Crippen LogP contribution is -1.99. The molecule has 0 amide bonds. The number of hydrogen-bond donors (Lipinski definition) is 2. The van der Waals surface area contributed by atoms with Crippen LogP contribution in [0.3, 0.4) is 0 Å². The van der Waals surface area contributed by atoms with Crippen LogP contribution < -0.4 is 0 Å². The molecule has 0 saturated carbocycles. The molecule has 0 unspecified atom stereocenters. The predicted molar refractivity (Wildman–Crippen MR) is 53.3 cm³/mol. The Kier molecular flexibility index (Phi) is 2.97. The number of aromatic carboxylic acids is 1. The fourth-order valence-electron chi connectivity index (χ4n) is 0.916. The van der Waals surface area contributed by atoms with E-state index in [-0.39, 0.29) is 5.69 Å². The maximum Gasteiger partial charge on any atom is 0.352 e. The van der Waals surface area contributed by atoms with E-state index in [9.17, 15) is 4.79 Å². The summed E-state index contributed by atoms with van der Waals surface area (Å²) < 4.78 is 0.536. The summed E-state index contributed by atoms with van der Waals surface area (Å²) in [4.78, 5) is 13.2. The van der Waals surface area contributed by atoms with E-state index < -0.39 is 5.97 Å². The fourth-order valence-corrected chi connectivity index (χ4v) is 1.16. The number of aromatic amines is 1. The fraction of sp³-hybridized carbons (Fsp3) is 0.111. The van der Waals surface area contributed by atoms with Gasteiger partial charge in [-0.25, -0.2) is 4.79 Å². The molecular weight excluding hydrogens is 186 g/mol. The topological polar surface area (TPSA) is 53.1 Å². The minimum atomic E-state index is -1.00. The molecule has 1 aromatic rings. The van der Waals surface area contributed by atoms with Crippen molar-refractivity contribution >= 4 is 24.3 Å². The maximum atomic E-state index is 10.5. The molecule has 1 rings (SSSR count). The van der Waals surface area contributed by atoms with Gasteiger partial charge in [-0.3, -0.25) is 0 Å². The molecule has 0 saturated heterocycles. The van der Waals surface area contributed by atoms with Crippen molar-refractivity contribution < 1.29 is 9.90 Å². The standard InChI is InChI=1S/C9H9NO2S/c1-2-3-6-5-10-7(9(11)12)4-8(6)13/h2-5H,1H3,(H,10,13)(H,11,12)/b3-2-. The van der Waals surface area contributed by atoms with Gasteiger partial charge >= 0.3 is 5.97 Å². The second kappa shape index (κ2) is 4.00. The quantitative estimate of drug-likeness (QED) is 0.713. The van der Waals surface area contributed by atoms with Crippen LogP contribution in [0.5, 0.6) is 0 Å². The smallest absolute Gasteiger partial charge is 0.352 e. The predicted octanol–water partition coefficient (Wildman–Crippen LogP) is 2.48. The van der Waals surface area contributed by atoms with E-state index in [0.29, 0.717) is 4.51 Å². The van der Waals surface area contributed by atoms with E-state index in [1.165, 1.54) is 6.07 Å². The number of rotatable bonds is 2. The highest BCUT2D eigenvalue weighted by atomic mass is 32.1. The van der Waals surface area contributed by atoms with Crippen LogP contribution in [0, 0.1) is 4.51 Å². The second-order valence-corrected chi connectivity index (χ2v) is 2.91. The van der Waals surface area contributed by atoms with Gasteiger partial charge in [-0.1, -0.05) is 24.4 Å². The number of carboxylic acids is 1.